The van der Waals surface area contributed by atoms with Gasteiger partial charge in [-0.1, -0.05) is 19.4 Å². The molecule has 0 unspecified atom stereocenters. The van der Waals surface area contributed by atoms with Crippen molar-refractivity contribution in [3.05, 3.63) is 35.5 Å². The minimum atomic E-state index is -3.38. The second kappa shape index (κ2) is 11.1. The van der Waals surface area contributed by atoms with Crippen molar-refractivity contribution < 1.29 is 13.2 Å². The first-order valence-corrected chi connectivity index (χ1v) is 8.48. The van der Waals surface area contributed by atoms with Crippen LogP contribution < -0.4 is 4.72 Å². The molecule has 0 aromatic carbocycles. The Kier molecular flexibility index (Phi) is 10.7. The van der Waals surface area contributed by atoms with Gasteiger partial charge >= 0.3 is 0 Å². The number of rotatable bonds is 10. The molecule has 6 heteroatoms. The zero-order chi connectivity index (χ0) is 14.6. The van der Waals surface area contributed by atoms with Crippen LogP contribution in [0.25, 0.3) is 0 Å². The molecular formula is C13H23NO3S2. The highest BCUT2D eigenvalue weighted by Crippen LogP contribution is 2.03. The van der Waals surface area contributed by atoms with Crippen LogP contribution in [0.1, 0.15) is 26.7 Å². The first-order valence-electron chi connectivity index (χ1n) is 6.30. The van der Waals surface area contributed by atoms with Gasteiger partial charge in [0.15, 0.2) is 0 Å². The van der Waals surface area contributed by atoms with Gasteiger partial charge in [0.1, 0.15) is 5.76 Å². The van der Waals surface area contributed by atoms with E-state index < -0.39 is 10.0 Å². The Hall–Kier alpha value is -0.720. The van der Waals surface area contributed by atoms with Gasteiger partial charge in [0, 0.05) is 17.7 Å². The molecule has 0 atom stereocenters. The lowest BCUT2D eigenvalue weighted by Gasteiger charge is -2.05. The predicted octanol–water partition coefficient (Wildman–Crippen LogP) is 2.63. The lowest BCUT2D eigenvalue weighted by molar-refractivity contribution is 0.219. The Morgan fingerprint density at radius 1 is 1.42 bits per heavy atom. The van der Waals surface area contributed by atoms with E-state index in [1.807, 2.05) is 13.0 Å². The van der Waals surface area contributed by atoms with E-state index in [2.05, 4.69) is 24.3 Å². The third-order valence-corrected chi connectivity index (χ3v) is 3.38. The van der Waals surface area contributed by atoms with Gasteiger partial charge in [0.05, 0.1) is 6.61 Å². The normalized spacial score (nSPS) is 13.5. The van der Waals surface area contributed by atoms with E-state index >= 15 is 0 Å². The zero-order valence-corrected chi connectivity index (χ0v) is 13.2. The van der Waals surface area contributed by atoms with Gasteiger partial charge in [0.2, 0.25) is 10.0 Å². The maximum atomic E-state index is 11.5. The Labute approximate surface area is 122 Å². The minimum Gasteiger partial charge on any atom is -0.494 e. The highest BCUT2D eigenvalue weighted by molar-refractivity contribution is 7.92. The fourth-order valence-electron chi connectivity index (χ4n) is 1.12. The van der Waals surface area contributed by atoms with Crippen LogP contribution in [0.4, 0.5) is 0 Å². The molecule has 0 saturated heterocycles. The standard InChI is InChI=1S/C13H23NO3S2/c1-3-5-10-17-13(7-4-2)8-6-12-19(15,16)14-9-11-18/h4,6-8,12,14,18H,3,5,9-11H2,1-2H3/b7-4-,12-6+,13-8+. The summed E-state index contributed by atoms with van der Waals surface area (Å²) in [4.78, 5) is 0. The van der Waals surface area contributed by atoms with Crippen molar-refractivity contribution in [2.75, 3.05) is 18.9 Å². The third-order valence-electron chi connectivity index (χ3n) is 2.03. The van der Waals surface area contributed by atoms with E-state index in [0.717, 1.165) is 18.2 Å². The van der Waals surface area contributed by atoms with Crippen molar-refractivity contribution >= 4 is 22.7 Å². The molecule has 0 saturated carbocycles. The Balaban J connectivity index is 4.51. The summed E-state index contributed by atoms with van der Waals surface area (Å²) in [5, 5.41) is 1.11. The number of unbranched alkanes of at least 4 members (excludes halogenated alkanes) is 1. The average Bonchev–Trinajstić information content (AvgIpc) is 2.36. The van der Waals surface area contributed by atoms with Crippen molar-refractivity contribution in [2.45, 2.75) is 26.7 Å². The van der Waals surface area contributed by atoms with Crippen LogP contribution in [0.15, 0.2) is 35.5 Å². The van der Waals surface area contributed by atoms with E-state index in [1.54, 1.807) is 12.2 Å². The topological polar surface area (TPSA) is 55.4 Å². The van der Waals surface area contributed by atoms with Crippen LogP contribution in [-0.4, -0.2) is 27.3 Å². The maximum absolute atomic E-state index is 11.5. The molecule has 19 heavy (non-hydrogen) atoms. The molecule has 0 amide bonds. The molecule has 4 nitrogen and oxygen atoms in total. The molecule has 0 rings (SSSR count). The highest BCUT2D eigenvalue weighted by atomic mass is 32.2. The fraction of sp³-hybridized carbons (Fsp3) is 0.538. The lowest BCUT2D eigenvalue weighted by Crippen LogP contribution is -2.23. The van der Waals surface area contributed by atoms with Crippen molar-refractivity contribution in [3.8, 4) is 0 Å². The molecule has 0 aromatic rings. The largest absolute Gasteiger partial charge is 0.494 e. The Morgan fingerprint density at radius 2 is 2.16 bits per heavy atom. The molecule has 1 N–H and O–H groups in total. The average molecular weight is 305 g/mol. The van der Waals surface area contributed by atoms with E-state index in [9.17, 15) is 8.42 Å². The van der Waals surface area contributed by atoms with Crippen LogP contribution in [0, 0.1) is 0 Å². The molecule has 110 valence electrons. The van der Waals surface area contributed by atoms with Crippen LogP contribution >= 0.6 is 12.6 Å². The number of hydrogen-bond donors (Lipinski definition) is 2. The van der Waals surface area contributed by atoms with Gasteiger partial charge in [-0.25, -0.2) is 13.1 Å². The fourth-order valence-corrected chi connectivity index (χ4v) is 2.16. The zero-order valence-electron chi connectivity index (χ0n) is 11.5. The predicted molar refractivity (Wildman–Crippen MR) is 83.7 cm³/mol. The van der Waals surface area contributed by atoms with Gasteiger partial charge in [-0.2, -0.15) is 12.6 Å². The number of allylic oxidation sites excluding steroid dienone is 4. The first kappa shape index (κ1) is 18.3. The Morgan fingerprint density at radius 3 is 2.74 bits per heavy atom. The van der Waals surface area contributed by atoms with Crippen molar-refractivity contribution in [1.82, 2.24) is 4.72 Å². The quantitative estimate of drug-likeness (QED) is 0.282. The summed E-state index contributed by atoms with van der Waals surface area (Å²) < 4.78 is 30.8. The van der Waals surface area contributed by atoms with Gasteiger partial charge in [-0.05, 0) is 31.6 Å². The van der Waals surface area contributed by atoms with Gasteiger partial charge in [-0.15, -0.1) is 0 Å². The Bertz CT molecular complexity index is 412. The molecular weight excluding hydrogens is 282 g/mol. The maximum Gasteiger partial charge on any atom is 0.233 e. The second-order valence-corrected chi connectivity index (χ2v) is 5.86. The third kappa shape index (κ3) is 10.9. The van der Waals surface area contributed by atoms with Crippen LogP contribution in [0.5, 0.6) is 0 Å². The molecule has 0 radical (unpaired) electrons. The molecule has 0 aromatic heterocycles. The highest BCUT2D eigenvalue weighted by Gasteiger charge is 2.01. The molecule has 0 spiro atoms. The van der Waals surface area contributed by atoms with Crippen LogP contribution in [0.2, 0.25) is 0 Å². The summed E-state index contributed by atoms with van der Waals surface area (Å²) in [5.41, 5.74) is 0. The monoisotopic (exact) mass is 305 g/mol. The number of sulfonamides is 1. The van der Waals surface area contributed by atoms with E-state index in [-0.39, 0.29) is 0 Å². The molecule has 0 fully saturated rings. The van der Waals surface area contributed by atoms with Gasteiger partial charge in [-0.3, -0.25) is 0 Å². The summed E-state index contributed by atoms with van der Waals surface area (Å²) in [5.74, 6) is 1.11. The summed E-state index contributed by atoms with van der Waals surface area (Å²) in [7, 11) is -3.38. The van der Waals surface area contributed by atoms with E-state index in [4.69, 9.17) is 4.74 Å². The van der Waals surface area contributed by atoms with E-state index in [1.165, 1.54) is 6.08 Å². The van der Waals surface area contributed by atoms with Gasteiger partial charge < -0.3 is 4.74 Å². The first-order chi connectivity index (χ1) is 9.05. The summed E-state index contributed by atoms with van der Waals surface area (Å²) in [6.45, 7) is 4.91. The van der Waals surface area contributed by atoms with Crippen LogP contribution in [0.3, 0.4) is 0 Å². The summed E-state index contributed by atoms with van der Waals surface area (Å²) in [6.07, 6.45) is 8.77. The molecule has 0 aliphatic heterocycles. The molecule has 0 heterocycles. The number of nitrogens with one attached hydrogen (secondary N) is 1. The van der Waals surface area contributed by atoms with Crippen LogP contribution in [-0.2, 0) is 14.8 Å². The summed E-state index contributed by atoms with van der Waals surface area (Å²) in [6, 6.07) is 0. The van der Waals surface area contributed by atoms with Gasteiger partial charge in [0.25, 0.3) is 0 Å². The smallest absolute Gasteiger partial charge is 0.233 e. The SMILES string of the molecule is C\C=C/C(=C\C=C\S(=O)(=O)NCCS)OCCCC. The molecule has 0 aliphatic carbocycles. The molecule has 0 aliphatic rings. The van der Waals surface area contributed by atoms with Crippen molar-refractivity contribution in [3.63, 3.8) is 0 Å². The van der Waals surface area contributed by atoms with E-state index in [0.29, 0.717) is 24.7 Å². The second-order valence-electron chi connectivity index (χ2n) is 3.76. The van der Waals surface area contributed by atoms with Crippen molar-refractivity contribution in [1.29, 1.82) is 0 Å². The summed E-state index contributed by atoms with van der Waals surface area (Å²) >= 11 is 3.94. The number of hydrogen-bond acceptors (Lipinski definition) is 4. The minimum absolute atomic E-state index is 0.314. The lowest BCUT2D eigenvalue weighted by atomic mass is 10.3. The number of ether oxygens (including phenoxy) is 1. The molecule has 0 bridgehead atoms. The van der Waals surface area contributed by atoms with Crippen molar-refractivity contribution in [2.24, 2.45) is 0 Å². The number of thiol groups is 1.